The third kappa shape index (κ3) is 3.78. The SMILES string of the molecule is COc1ccc(CC(N)Cc2cc(F)ccc2C)cn1. The van der Waals surface area contributed by atoms with Gasteiger partial charge in [-0.05, 0) is 48.6 Å². The van der Waals surface area contributed by atoms with Crippen molar-refractivity contribution < 1.29 is 9.13 Å². The maximum atomic E-state index is 13.2. The molecule has 106 valence electrons. The van der Waals surface area contributed by atoms with Crippen LogP contribution in [0, 0.1) is 12.7 Å². The van der Waals surface area contributed by atoms with Crippen LogP contribution in [0.3, 0.4) is 0 Å². The lowest BCUT2D eigenvalue weighted by Crippen LogP contribution is -2.26. The van der Waals surface area contributed by atoms with Gasteiger partial charge in [0.05, 0.1) is 7.11 Å². The minimum absolute atomic E-state index is 0.0642. The van der Waals surface area contributed by atoms with Crippen molar-refractivity contribution in [3.8, 4) is 5.88 Å². The largest absolute Gasteiger partial charge is 0.481 e. The average molecular weight is 274 g/mol. The molecule has 20 heavy (non-hydrogen) atoms. The molecule has 1 atom stereocenters. The summed E-state index contributed by atoms with van der Waals surface area (Å²) in [7, 11) is 1.58. The Morgan fingerprint density at radius 3 is 2.70 bits per heavy atom. The van der Waals surface area contributed by atoms with E-state index >= 15 is 0 Å². The fraction of sp³-hybridized carbons (Fsp3) is 0.312. The van der Waals surface area contributed by atoms with Crippen molar-refractivity contribution in [1.82, 2.24) is 4.98 Å². The number of ether oxygens (including phenoxy) is 1. The molecule has 0 bridgehead atoms. The van der Waals surface area contributed by atoms with Crippen LogP contribution in [0.5, 0.6) is 5.88 Å². The number of benzene rings is 1. The topological polar surface area (TPSA) is 48.1 Å². The van der Waals surface area contributed by atoms with Crippen LogP contribution >= 0.6 is 0 Å². The highest BCUT2D eigenvalue weighted by molar-refractivity contribution is 5.28. The van der Waals surface area contributed by atoms with Crippen molar-refractivity contribution in [3.05, 3.63) is 59.0 Å². The number of halogens is 1. The molecule has 3 nitrogen and oxygen atoms in total. The first-order valence-electron chi connectivity index (χ1n) is 6.58. The molecule has 2 N–H and O–H groups in total. The zero-order chi connectivity index (χ0) is 14.5. The zero-order valence-corrected chi connectivity index (χ0v) is 11.8. The number of nitrogens with two attached hydrogens (primary N) is 1. The van der Waals surface area contributed by atoms with E-state index in [0.717, 1.165) is 16.7 Å². The Morgan fingerprint density at radius 1 is 1.25 bits per heavy atom. The van der Waals surface area contributed by atoms with Gasteiger partial charge in [0.15, 0.2) is 0 Å². The van der Waals surface area contributed by atoms with Gasteiger partial charge < -0.3 is 10.5 Å². The van der Waals surface area contributed by atoms with E-state index < -0.39 is 0 Å². The summed E-state index contributed by atoms with van der Waals surface area (Å²) in [4.78, 5) is 4.15. The van der Waals surface area contributed by atoms with E-state index in [-0.39, 0.29) is 11.9 Å². The van der Waals surface area contributed by atoms with Gasteiger partial charge >= 0.3 is 0 Å². The number of nitrogens with zero attached hydrogens (tertiary/aromatic N) is 1. The summed E-state index contributed by atoms with van der Waals surface area (Å²) >= 11 is 0. The van der Waals surface area contributed by atoms with Crippen molar-refractivity contribution >= 4 is 0 Å². The predicted octanol–water partition coefficient (Wildman–Crippen LogP) is 2.65. The molecule has 0 aliphatic carbocycles. The fourth-order valence-corrected chi connectivity index (χ4v) is 2.17. The molecule has 0 aliphatic rings. The van der Waals surface area contributed by atoms with Crippen LogP contribution in [-0.2, 0) is 12.8 Å². The number of hydrogen-bond acceptors (Lipinski definition) is 3. The molecular formula is C16H19FN2O. The van der Waals surface area contributed by atoms with Gasteiger partial charge in [0.25, 0.3) is 0 Å². The number of aryl methyl sites for hydroxylation is 1. The van der Waals surface area contributed by atoms with Gasteiger partial charge in [0, 0.05) is 18.3 Å². The van der Waals surface area contributed by atoms with Crippen LogP contribution < -0.4 is 10.5 Å². The summed E-state index contributed by atoms with van der Waals surface area (Å²) in [6, 6.07) is 8.51. The Labute approximate surface area is 118 Å². The van der Waals surface area contributed by atoms with E-state index in [1.165, 1.54) is 6.07 Å². The fourth-order valence-electron chi connectivity index (χ4n) is 2.17. The molecule has 0 aliphatic heterocycles. The highest BCUT2D eigenvalue weighted by Gasteiger charge is 2.09. The van der Waals surface area contributed by atoms with Gasteiger partial charge in [-0.2, -0.15) is 0 Å². The van der Waals surface area contributed by atoms with Crippen molar-refractivity contribution in [2.75, 3.05) is 7.11 Å². The molecule has 1 aromatic heterocycles. The molecule has 0 amide bonds. The number of methoxy groups -OCH3 is 1. The third-order valence-electron chi connectivity index (χ3n) is 3.30. The summed E-state index contributed by atoms with van der Waals surface area (Å²) < 4.78 is 18.3. The van der Waals surface area contributed by atoms with Crippen LogP contribution in [0.15, 0.2) is 36.5 Å². The van der Waals surface area contributed by atoms with E-state index in [9.17, 15) is 4.39 Å². The molecule has 2 rings (SSSR count). The lowest BCUT2D eigenvalue weighted by atomic mass is 9.97. The van der Waals surface area contributed by atoms with Crippen LogP contribution in [0.2, 0.25) is 0 Å². The van der Waals surface area contributed by atoms with E-state index in [0.29, 0.717) is 18.7 Å². The van der Waals surface area contributed by atoms with Crippen LogP contribution in [0.4, 0.5) is 4.39 Å². The van der Waals surface area contributed by atoms with Gasteiger partial charge in [-0.25, -0.2) is 9.37 Å². The standard InChI is InChI=1S/C16H19FN2O/c1-11-3-5-14(17)8-13(11)9-15(18)7-12-4-6-16(20-2)19-10-12/h3-6,8,10,15H,7,9,18H2,1-2H3. The van der Waals surface area contributed by atoms with Gasteiger partial charge in [0.1, 0.15) is 5.82 Å². The smallest absolute Gasteiger partial charge is 0.212 e. The Hall–Kier alpha value is -1.94. The average Bonchev–Trinajstić information content (AvgIpc) is 2.43. The summed E-state index contributed by atoms with van der Waals surface area (Å²) in [5, 5.41) is 0. The Kier molecular flexibility index (Phi) is 4.69. The van der Waals surface area contributed by atoms with Gasteiger partial charge in [-0.15, -0.1) is 0 Å². The summed E-state index contributed by atoms with van der Waals surface area (Å²) in [5.74, 6) is 0.368. The molecule has 0 radical (unpaired) electrons. The minimum Gasteiger partial charge on any atom is -0.481 e. The minimum atomic E-state index is -0.219. The quantitative estimate of drug-likeness (QED) is 0.912. The molecule has 0 fully saturated rings. The molecular weight excluding hydrogens is 255 g/mol. The van der Waals surface area contributed by atoms with Crippen molar-refractivity contribution in [1.29, 1.82) is 0 Å². The van der Waals surface area contributed by atoms with Crippen LogP contribution in [0.25, 0.3) is 0 Å². The third-order valence-corrected chi connectivity index (χ3v) is 3.30. The van der Waals surface area contributed by atoms with Crippen molar-refractivity contribution in [2.24, 2.45) is 5.73 Å². The monoisotopic (exact) mass is 274 g/mol. The second-order valence-electron chi connectivity index (χ2n) is 4.95. The molecule has 1 unspecified atom stereocenters. The molecule has 2 aromatic rings. The molecule has 0 saturated heterocycles. The van der Waals surface area contributed by atoms with Gasteiger partial charge in [-0.3, -0.25) is 0 Å². The molecule has 0 saturated carbocycles. The van der Waals surface area contributed by atoms with E-state index in [2.05, 4.69) is 4.98 Å². The van der Waals surface area contributed by atoms with Crippen molar-refractivity contribution in [3.63, 3.8) is 0 Å². The summed E-state index contributed by atoms with van der Waals surface area (Å²) in [6.07, 6.45) is 3.11. The van der Waals surface area contributed by atoms with E-state index in [1.807, 2.05) is 19.1 Å². The first kappa shape index (κ1) is 14.5. The highest BCUT2D eigenvalue weighted by atomic mass is 19.1. The first-order chi connectivity index (χ1) is 9.58. The van der Waals surface area contributed by atoms with Gasteiger partial charge in [0.2, 0.25) is 5.88 Å². The lowest BCUT2D eigenvalue weighted by Gasteiger charge is -2.13. The predicted molar refractivity (Wildman–Crippen MR) is 77.3 cm³/mol. The van der Waals surface area contributed by atoms with Crippen LogP contribution in [-0.4, -0.2) is 18.1 Å². The second-order valence-corrected chi connectivity index (χ2v) is 4.95. The van der Waals surface area contributed by atoms with E-state index in [4.69, 9.17) is 10.5 Å². The Balaban J connectivity index is 2.00. The van der Waals surface area contributed by atoms with Gasteiger partial charge in [-0.1, -0.05) is 12.1 Å². The first-order valence-corrected chi connectivity index (χ1v) is 6.58. The van der Waals surface area contributed by atoms with E-state index in [1.54, 1.807) is 25.4 Å². The second kappa shape index (κ2) is 6.48. The normalized spacial score (nSPS) is 12.2. The molecule has 0 spiro atoms. The molecule has 4 heteroatoms. The van der Waals surface area contributed by atoms with Crippen LogP contribution in [0.1, 0.15) is 16.7 Å². The summed E-state index contributed by atoms with van der Waals surface area (Å²) in [5.41, 5.74) is 9.22. The lowest BCUT2D eigenvalue weighted by molar-refractivity contribution is 0.397. The maximum absolute atomic E-state index is 13.2. The maximum Gasteiger partial charge on any atom is 0.212 e. The Bertz CT molecular complexity index is 569. The zero-order valence-electron chi connectivity index (χ0n) is 11.8. The molecule has 1 heterocycles. The number of aromatic nitrogens is 1. The highest BCUT2D eigenvalue weighted by Crippen LogP contribution is 2.14. The number of hydrogen-bond donors (Lipinski definition) is 1. The molecule has 1 aromatic carbocycles. The summed E-state index contributed by atoms with van der Waals surface area (Å²) in [6.45, 7) is 1.97. The van der Waals surface area contributed by atoms with Crippen molar-refractivity contribution in [2.45, 2.75) is 25.8 Å². The Morgan fingerprint density at radius 2 is 2.05 bits per heavy atom. The number of rotatable bonds is 5. The number of pyridine rings is 1.